The maximum Gasteiger partial charge on any atom is 0.189 e. The van der Waals surface area contributed by atoms with Gasteiger partial charge in [-0.3, -0.25) is 4.99 Å². The summed E-state index contributed by atoms with van der Waals surface area (Å²) in [6.07, 6.45) is 4.62. The van der Waals surface area contributed by atoms with Crippen molar-refractivity contribution in [2.75, 3.05) is 31.4 Å². The largest absolute Gasteiger partial charge is 0.491 e. The fraction of sp³-hybridized carbons (Fsp3) is 0.375. The van der Waals surface area contributed by atoms with E-state index in [9.17, 15) is 4.39 Å². The van der Waals surface area contributed by atoms with Gasteiger partial charge in [-0.1, -0.05) is 25.6 Å². The van der Waals surface area contributed by atoms with E-state index in [2.05, 4.69) is 35.7 Å². The molecule has 0 saturated carbocycles. The van der Waals surface area contributed by atoms with Crippen molar-refractivity contribution in [2.24, 2.45) is 26.6 Å². The van der Waals surface area contributed by atoms with Crippen LogP contribution in [0.4, 0.5) is 15.8 Å². The maximum absolute atomic E-state index is 13.2. The van der Waals surface area contributed by atoms with Gasteiger partial charge in [0.25, 0.3) is 0 Å². The lowest BCUT2D eigenvalue weighted by Crippen LogP contribution is -2.21. The predicted molar refractivity (Wildman–Crippen MR) is 137 cm³/mol. The number of hydrogen-bond donors (Lipinski definition) is 1. The summed E-state index contributed by atoms with van der Waals surface area (Å²) in [6.45, 7) is 7.77. The molecule has 0 saturated heterocycles. The molecule has 0 heterocycles. The lowest BCUT2D eigenvalue weighted by atomic mass is 10.1. The Bertz CT molecular complexity index is 957. The molecule has 2 aromatic rings. The number of thioether (sulfide) groups is 1. The molecule has 0 aliphatic carbocycles. The van der Waals surface area contributed by atoms with Crippen molar-refractivity contribution in [1.29, 1.82) is 0 Å². The van der Waals surface area contributed by atoms with Crippen LogP contribution < -0.4 is 15.4 Å². The zero-order valence-electron chi connectivity index (χ0n) is 19.4. The molecular formula is C24H32FN5OS. The quantitative estimate of drug-likeness (QED) is 0.399. The van der Waals surface area contributed by atoms with E-state index < -0.39 is 0 Å². The number of benzene rings is 2. The van der Waals surface area contributed by atoms with Crippen molar-refractivity contribution < 1.29 is 9.13 Å². The SMILES string of the molecule is CCN(C=NC)c1ccc(N=C(N=C(N)c2ccc(F)cc2)SC)cc1OCCC(C)C. The smallest absolute Gasteiger partial charge is 0.189 e. The zero-order valence-corrected chi connectivity index (χ0v) is 20.2. The van der Waals surface area contributed by atoms with E-state index in [0.717, 1.165) is 24.4 Å². The van der Waals surface area contributed by atoms with E-state index in [1.807, 2.05) is 29.4 Å². The van der Waals surface area contributed by atoms with Gasteiger partial charge in [0.2, 0.25) is 0 Å². The van der Waals surface area contributed by atoms with Gasteiger partial charge in [-0.25, -0.2) is 14.4 Å². The number of ether oxygens (including phenoxy) is 1. The van der Waals surface area contributed by atoms with Gasteiger partial charge >= 0.3 is 0 Å². The summed E-state index contributed by atoms with van der Waals surface area (Å²) in [5.41, 5.74) is 8.38. The van der Waals surface area contributed by atoms with E-state index in [-0.39, 0.29) is 11.7 Å². The fourth-order valence-electron chi connectivity index (χ4n) is 2.80. The van der Waals surface area contributed by atoms with Crippen LogP contribution in [-0.2, 0) is 0 Å². The number of anilines is 1. The third kappa shape index (κ3) is 7.67. The van der Waals surface area contributed by atoms with Crippen LogP contribution in [0.2, 0.25) is 0 Å². The number of rotatable bonds is 9. The molecule has 0 fully saturated rings. The summed E-state index contributed by atoms with van der Waals surface area (Å²) in [5.74, 6) is 1.25. The molecule has 0 atom stereocenters. The van der Waals surface area contributed by atoms with E-state index in [1.165, 1.54) is 23.9 Å². The van der Waals surface area contributed by atoms with Crippen LogP contribution in [0.3, 0.4) is 0 Å². The second-order valence-corrected chi connectivity index (χ2v) is 8.22. The molecule has 0 spiro atoms. The molecule has 0 bridgehead atoms. The third-order valence-corrected chi connectivity index (χ3v) is 5.11. The van der Waals surface area contributed by atoms with Gasteiger partial charge < -0.3 is 15.4 Å². The summed E-state index contributed by atoms with van der Waals surface area (Å²) in [7, 11) is 1.74. The second-order valence-electron chi connectivity index (χ2n) is 7.45. The van der Waals surface area contributed by atoms with Crippen LogP contribution in [0.1, 0.15) is 32.8 Å². The van der Waals surface area contributed by atoms with Gasteiger partial charge in [-0.15, -0.1) is 0 Å². The zero-order chi connectivity index (χ0) is 23.5. The van der Waals surface area contributed by atoms with E-state index in [0.29, 0.717) is 28.9 Å². The molecule has 6 nitrogen and oxygen atoms in total. The van der Waals surface area contributed by atoms with Gasteiger partial charge in [0.1, 0.15) is 17.4 Å². The lowest BCUT2D eigenvalue weighted by Gasteiger charge is -2.21. The minimum absolute atomic E-state index is 0.277. The molecule has 0 aliphatic rings. The van der Waals surface area contributed by atoms with Gasteiger partial charge in [0.05, 0.1) is 24.3 Å². The first kappa shape index (κ1) is 25.4. The molecule has 0 unspecified atom stereocenters. The third-order valence-electron chi connectivity index (χ3n) is 4.56. The van der Waals surface area contributed by atoms with Crippen LogP contribution >= 0.6 is 11.8 Å². The van der Waals surface area contributed by atoms with Crippen molar-refractivity contribution in [3.05, 3.63) is 53.8 Å². The molecule has 0 aliphatic heterocycles. The highest BCUT2D eigenvalue weighted by Crippen LogP contribution is 2.33. The topological polar surface area (TPSA) is 75.6 Å². The highest BCUT2D eigenvalue weighted by molar-refractivity contribution is 8.13. The van der Waals surface area contributed by atoms with Crippen LogP contribution in [0.5, 0.6) is 5.75 Å². The molecule has 0 aromatic heterocycles. The highest BCUT2D eigenvalue weighted by Gasteiger charge is 2.12. The van der Waals surface area contributed by atoms with E-state index in [4.69, 9.17) is 10.5 Å². The molecule has 0 amide bonds. The average molecular weight is 458 g/mol. The van der Waals surface area contributed by atoms with Crippen LogP contribution in [0.15, 0.2) is 57.4 Å². The number of nitrogens with two attached hydrogens (primary N) is 1. The Balaban J connectivity index is 2.37. The van der Waals surface area contributed by atoms with Crippen molar-refractivity contribution in [1.82, 2.24) is 0 Å². The first-order valence-electron chi connectivity index (χ1n) is 10.6. The fourth-order valence-corrected chi connectivity index (χ4v) is 3.18. The van der Waals surface area contributed by atoms with Gasteiger partial charge in [0, 0.05) is 25.2 Å². The molecular weight excluding hydrogens is 425 g/mol. The lowest BCUT2D eigenvalue weighted by molar-refractivity contribution is 0.290. The van der Waals surface area contributed by atoms with Crippen LogP contribution in [-0.4, -0.2) is 43.8 Å². The molecule has 2 aromatic carbocycles. The Kier molecular flexibility index (Phi) is 10.2. The Morgan fingerprint density at radius 2 is 1.94 bits per heavy atom. The first-order valence-corrected chi connectivity index (χ1v) is 11.8. The monoisotopic (exact) mass is 457 g/mol. The minimum Gasteiger partial charge on any atom is -0.491 e. The van der Waals surface area contributed by atoms with E-state index >= 15 is 0 Å². The Morgan fingerprint density at radius 3 is 2.53 bits per heavy atom. The molecule has 2 N–H and O–H groups in total. The van der Waals surface area contributed by atoms with Crippen LogP contribution in [0, 0.1) is 11.7 Å². The number of halogens is 1. The molecule has 0 radical (unpaired) electrons. The van der Waals surface area contributed by atoms with Crippen molar-refractivity contribution in [3.63, 3.8) is 0 Å². The van der Waals surface area contributed by atoms with Crippen molar-refractivity contribution in [3.8, 4) is 5.75 Å². The Hall–Kier alpha value is -2.87. The molecule has 32 heavy (non-hydrogen) atoms. The summed E-state index contributed by atoms with van der Waals surface area (Å²) < 4.78 is 19.3. The number of hydrogen-bond acceptors (Lipinski definition) is 4. The van der Waals surface area contributed by atoms with Gasteiger partial charge in [0.15, 0.2) is 5.17 Å². The van der Waals surface area contributed by atoms with Gasteiger partial charge in [-0.05, 0) is 61.9 Å². The molecule has 8 heteroatoms. The number of nitrogens with zero attached hydrogens (tertiary/aromatic N) is 4. The number of aliphatic imine (C=N–C) groups is 3. The van der Waals surface area contributed by atoms with Crippen molar-refractivity contribution >= 4 is 40.5 Å². The second kappa shape index (κ2) is 12.9. The van der Waals surface area contributed by atoms with E-state index in [1.54, 1.807) is 25.5 Å². The standard InChI is InChI=1S/C24H32FN5OS/c1-6-30(16-27-4)21-12-11-20(15-22(21)31-14-13-17(2)3)28-24(32-5)29-23(26)18-7-9-19(25)10-8-18/h7-12,15-17H,6,13-14H2,1-5H3,(H2,26,28,29). The Labute approximate surface area is 194 Å². The van der Waals surface area contributed by atoms with Crippen LogP contribution in [0.25, 0.3) is 0 Å². The highest BCUT2D eigenvalue weighted by atomic mass is 32.2. The number of amidine groups is 2. The summed E-state index contributed by atoms with van der Waals surface area (Å²) in [4.78, 5) is 15.2. The summed E-state index contributed by atoms with van der Waals surface area (Å²) in [5, 5.41) is 0.496. The summed E-state index contributed by atoms with van der Waals surface area (Å²) in [6, 6.07) is 11.7. The normalized spacial score (nSPS) is 12.6. The molecule has 172 valence electrons. The van der Waals surface area contributed by atoms with Gasteiger partial charge in [-0.2, -0.15) is 0 Å². The molecule has 2 rings (SSSR count). The predicted octanol–water partition coefficient (Wildman–Crippen LogP) is 5.49. The maximum atomic E-state index is 13.2. The average Bonchev–Trinajstić information content (AvgIpc) is 2.77. The van der Waals surface area contributed by atoms with Crippen molar-refractivity contribution in [2.45, 2.75) is 27.2 Å². The Morgan fingerprint density at radius 1 is 1.22 bits per heavy atom. The minimum atomic E-state index is -0.320. The first-order chi connectivity index (χ1) is 15.4. The summed E-state index contributed by atoms with van der Waals surface area (Å²) >= 11 is 1.38.